The number of para-hydroxylation sites is 1. The molecule has 0 saturated carbocycles. The van der Waals surface area contributed by atoms with E-state index in [9.17, 15) is 13.2 Å². The van der Waals surface area contributed by atoms with Crippen LogP contribution in [0.15, 0.2) is 82.8 Å². The molecule has 1 amide bonds. The minimum atomic E-state index is -4.09. The Balaban J connectivity index is 1.85. The van der Waals surface area contributed by atoms with Crippen molar-refractivity contribution in [3.8, 4) is 11.5 Å². The van der Waals surface area contributed by atoms with Crippen LogP contribution in [-0.4, -0.2) is 41.3 Å². The minimum absolute atomic E-state index is 0.00593. The number of anilines is 1. The van der Waals surface area contributed by atoms with Crippen molar-refractivity contribution in [1.29, 1.82) is 0 Å². The fourth-order valence-corrected chi connectivity index (χ4v) is 4.53. The van der Waals surface area contributed by atoms with Crippen molar-refractivity contribution in [3.63, 3.8) is 0 Å². The van der Waals surface area contributed by atoms with E-state index in [4.69, 9.17) is 21.1 Å². The summed E-state index contributed by atoms with van der Waals surface area (Å²) in [7, 11) is -1.08. The predicted octanol–water partition coefficient (Wildman–Crippen LogP) is 3.70. The lowest BCUT2D eigenvalue weighted by Crippen LogP contribution is -2.39. The number of halogens is 1. The van der Waals surface area contributed by atoms with E-state index in [0.717, 1.165) is 4.31 Å². The Morgan fingerprint density at radius 2 is 1.76 bits per heavy atom. The summed E-state index contributed by atoms with van der Waals surface area (Å²) in [5, 5.41) is 4.25. The van der Waals surface area contributed by atoms with E-state index in [0.29, 0.717) is 22.1 Å². The predicted molar refractivity (Wildman–Crippen MR) is 128 cm³/mol. The van der Waals surface area contributed by atoms with Gasteiger partial charge in [-0.3, -0.25) is 9.10 Å². The molecule has 1 N–H and O–H groups in total. The molecule has 0 radical (unpaired) electrons. The Kier molecular flexibility index (Phi) is 7.92. The van der Waals surface area contributed by atoms with Crippen LogP contribution in [-0.2, 0) is 14.8 Å². The molecule has 3 rings (SSSR count). The normalized spacial score (nSPS) is 11.2. The third-order valence-electron chi connectivity index (χ3n) is 4.56. The number of methoxy groups -OCH3 is 2. The van der Waals surface area contributed by atoms with Crippen LogP contribution in [0.4, 0.5) is 5.69 Å². The molecule has 0 atom stereocenters. The summed E-state index contributed by atoms with van der Waals surface area (Å²) in [4.78, 5) is 12.6. The SMILES string of the molecule is COc1ccc(S(=O)(=O)N(CC(=O)N/N=C\c2ccccc2OC)c2cccc(Cl)c2)cc1. The minimum Gasteiger partial charge on any atom is -0.497 e. The van der Waals surface area contributed by atoms with Crippen molar-refractivity contribution in [2.75, 3.05) is 25.1 Å². The van der Waals surface area contributed by atoms with E-state index in [1.165, 1.54) is 50.8 Å². The molecule has 0 aliphatic rings. The average molecular weight is 488 g/mol. The van der Waals surface area contributed by atoms with Crippen LogP contribution in [0.25, 0.3) is 0 Å². The van der Waals surface area contributed by atoms with E-state index >= 15 is 0 Å². The molecule has 0 saturated heterocycles. The van der Waals surface area contributed by atoms with Gasteiger partial charge >= 0.3 is 0 Å². The zero-order valence-corrected chi connectivity index (χ0v) is 19.5. The molecule has 33 heavy (non-hydrogen) atoms. The van der Waals surface area contributed by atoms with Crippen molar-refractivity contribution in [2.24, 2.45) is 5.10 Å². The Labute approximate surface area is 197 Å². The Hall–Kier alpha value is -3.56. The summed E-state index contributed by atoms with van der Waals surface area (Å²) in [5.41, 5.74) is 3.24. The second-order valence-corrected chi connectivity index (χ2v) is 9.00. The van der Waals surface area contributed by atoms with E-state index in [1.807, 2.05) is 6.07 Å². The van der Waals surface area contributed by atoms with Gasteiger partial charge in [-0.15, -0.1) is 0 Å². The largest absolute Gasteiger partial charge is 0.497 e. The Morgan fingerprint density at radius 1 is 1.03 bits per heavy atom. The first-order valence-electron chi connectivity index (χ1n) is 9.72. The van der Waals surface area contributed by atoms with Gasteiger partial charge in [-0.2, -0.15) is 5.10 Å². The highest BCUT2D eigenvalue weighted by Gasteiger charge is 2.27. The molecular weight excluding hydrogens is 466 g/mol. The fourth-order valence-electron chi connectivity index (χ4n) is 2.93. The lowest BCUT2D eigenvalue weighted by atomic mass is 10.2. The van der Waals surface area contributed by atoms with Gasteiger partial charge in [0.2, 0.25) is 0 Å². The molecule has 0 fully saturated rings. The molecule has 0 heterocycles. The molecule has 0 unspecified atom stereocenters. The molecule has 0 bridgehead atoms. The molecule has 0 aliphatic heterocycles. The van der Waals surface area contributed by atoms with E-state index in [1.54, 1.807) is 36.4 Å². The average Bonchev–Trinajstić information content (AvgIpc) is 2.82. The molecule has 172 valence electrons. The van der Waals surface area contributed by atoms with Crippen molar-refractivity contribution < 1.29 is 22.7 Å². The van der Waals surface area contributed by atoms with Gasteiger partial charge in [0, 0.05) is 10.6 Å². The summed E-state index contributed by atoms with van der Waals surface area (Å²) < 4.78 is 38.0. The van der Waals surface area contributed by atoms with Gasteiger partial charge in [-0.05, 0) is 54.6 Å². The molecule has 8 nitrogen and oxygen atoms in total. The quantitative estimate of drug-likeness (QED) is 0.366. The topological polar surface area (TPSA) is 97.3 Å². The summed E-state index contributed by atoms with van der Waals surface area (Å²) in [6, 6.07) is 19.2. The van der Waals surface area contributed by atoms with Crippen molar-refractivity contribution in [1.82, 2.24) is 5.43 Å². The van der Waals surface area contributed by atoms with Gasteiger partial charge < -0.3 is 9.47 Å². The molecule has 0 aliphatic carbocycles. The standard InChI is InChI=1S/C23H22ClN3O5S/c1-31-20-10-12-21(13-11-20)33(29,30)27(19-8-5-7-18(24)14-19)16-23(28)26-25-15-17-6-3-4-9-22(17)32-2/h3-15H,16H2,1-2H3,(H,26,28)/b25-15-. The second kappa shape index (κ2) is 10.8. The summed E-state index contributed by atoms with van der Waals surface area (Å²) in [6.45, 7) is -0.516. The van der Waals surface area contributed by atoms with Crippen LogP contribution >= 0.6 is 11.6 Å². The van der Waals surface area contributed by atoms with E-state index in [2.05, 4.69) is 10.5 Å². The van der Waals surface area contributed by atoms with E-state index < -0.39 is 22.5 Å². The van der Waals surface area contributed by atoms with E-state index in [-0.39, 0.29) is 10.6 Å². The van der Waals surface area contributed by atoms with Gasteiger partial charge in [0.25, 0.3) is 15.9 Å². The van der Waals surface area contributed by atoms with Gasteiger partial charge in [0.05, 0.1) is 31.0 Å². The molecular formula is C23H22ClN3O5S. The first-order valence-corrected chi connectivity index (χ1v) is 11.5. The lowest BCUT2D eigenvalue weighted by molar-refractivity contribution is -0.119. The van der Waals surface area contributed by atoms with Crippen LogP contribution in [0.1, 0.15) is 5.56 Å². The number of sulfonamides is 1. The van der Waals surface area contributed by atoms with Gasteiger partial charge in [-0.25, -0.2) is 13.8 Å². The highest BCUT2D eigenvalue weighted by Crippen LogP contribution is 2.27. The first kappa shape index (κ1) is 24.1. The number of rotatable bonds is 9. The van der Waals surface area contributed by atoms with Gasteiger partial charge in [-0.1, -0.05) is 29.8 Å². The smallest absolute Gasteiger partial charge is 0.264 e. The van der Waals surface area contributed by atoms with Crippen LogP contribution < -0.4 is 19.2 Å². The third-order valence-corrected chi connectivity index (χ3v) is 6.59. The molecule has 0 spiro atoms. The number of carbonyl (C=O) groups is 1. The molecule has 3 aromatic carbocycles. The summed E-state index contributed by atoms with van der Waals surface area (Å²) in [5.74, 6) is 0.447. The zero-order valence-electron chi connectivity index (χ0n) is 17.9. The highest BCUT2D eigenvalue weighted by molar-refractivity contribution is 7.92. The number of carbonyl (C=O) groups excluding carboxylic acids is 1. The monoisotopic (exact) mass is 487 g/mol. The molecule has 10 heteroatoms. The maximum absolute atomic E-state index is 13.4. The number of nitrogens with one attached hydrogen (secondary N) is 1. The third kappa shape index (κ3) is 6.03. The summed E-state index contributed by atoms with van der Waals surface area (Å²) >= 11 is 6.07. The highest BCUT2D eigenvalue weighted by atomic mass is 35.5. The lowest BCUT2D eigenvalue weighted by Gasteiger charge is -2.24. The second-order valence-electron chi connectivity index (χ2n) is 6.70. The Morgan fingerprint density at radius 3 is 2.42 bits per heavy atom. The maximum Gasteiger partial charge on any atom is 0.264 e. The summed E-state index contributed by atoms with van der Waals surface area (Å²) in [6.07, 6.45) is 1.42. The van der Waals surface area contributed by atoms with Crippen molar-refractivity contribution in [3.05, 3.63) is 83.4 Å². The van der Waals surface area contributed by atoms with Crippen LogP contribution in [0.5, 0.6) is 11.5 Å². The number of amides is 1. The van der Waals surface area contributed by atoms with Crippen molar-refractivity contribution in [2.45, 2.75) is 4.90 Å². The zero-order chi connectivity index (χ0) is 23.8. The number of ether oxygens (including phenoxy) is 2. The Bertz CT molecular complexity index is 1250. The molecule has 3 aromatic rings. The van der Waals surface area contributed by atoms with Crippen molar-refractivity contribution >= 4 is 39.4 Å². The van der Waals surface area contributed by atoms with Crippen LogP contribution in [0.2, 0.25) is 5.02 Å². The maximum atomic E-state index is 13.4. The molecule has 0 aromatic heterocycles. The number of hydrogen-bond acceptors (Lipinski definition) is 6. The number of nitrogens with zero attached hydrogens (tertiary/aromatic N) is 2. The first-order chi connectivity index (χ1) is 15.8. The van der Waals surface area contributed by atoms with Gasteiger partial charge in [0.15, 0.2) is 0 Å². The fraction of sp³-hybridized carbons (Fsp3) is 0.130. The van der Waals surface area contributed by atoms with Gasteiger partial charge in [0.1, 0.15) is 18.0 Å². The number of hydrogen-bond donors (Lipinski definition) is 1. The number of benzene rings is 3. The van der Waals surface area contributed by atoms with Crippen LogP contribution in [0.3, 0.4) is 0 Å². The van der Waals surface area contributed by atoms with Crippen LogP contribution in [0, 0.1) is 0 Å². The number of hydrazone groups is 1.